The summed E-state index contributed by atoms with van der Waals surface area (Å²) in [5, 5.41) is 0. The van der Waals surface area contributed by atoms with Gasteiger partial charge in [0, 0.05) is 5.56 Å². The summed E-state index contributed by atoms with van der Waals surface area (Å²) >= 11 is 9.59. The largest absolute Gasteiger partial charge is 0.131 e. The van der Waals surface area contributed by atoms with Gasteiger partial charge >= 0.3 is 0 Å². The van der Waals surface area contributed by atoms with Crippen molar-refractivity contribution in [3.63, 3.8) is 0 Å². The van der Waals surface area contributed by atoms with Crippen molar-refractivity contribution >= 4 is 29.0 Å². The van der Waals surface area contributed by atoms with Gasteiger partial charge in [0.2, 0.25) is 0 Å². The van der Waals surface area contributed by atoms with Crippen molar-refractivity contribution in [3.8, 4) is 0 Å². The Morgan fingerprint density at radius 3 is 2.35 bits per heavy atom. The van der Waals surface area contributed by atoms with Crippen molar-refractivity contribution in [2.45, 2.75) is 52.4 Å². The molecule has 0 aliphatic heterocycles. The van der Waals surface area contributed by atoms with Crippen molar-refractivity contribution in [1.82, 2.24) is 0 Å². The Bertz CT molecular complexity index is 369. The molecule has 1 rings (SSSR count). The Morgan fingerprint density at radius 2 is 1.76 bits per heavy atom. The third-order valence-corrected chi connectivity index (χ3v) is 3.54. The van der Waals surface area contributed by atoms with Crippen LogP contribution in [0.3, 0.4) is 0 Å². The molecule has 1 aromatic rings. The summed E-state index contributed by atoms with van der Waals surface area (Å²) in [4.78, 5) is 0. The van der Waals surface area contributed by atoms with E-state index < -0.39 is 0 Å². The summed E-state index contributed by atoms with van der Waals surface area (Å²) in [7, 11) is 0. The van der Waals surface area contributed by atoms with Gasteiger partial charge in [-0.25, -0.2) is 0 Å². The highest BCUT2D eigenvalue weighted by Gasteiger charge is 2.09. The highest BCUT2D eigenvalue weighted by atomic mass is 32.1. The molecule has 0 unspecified atom stereocenters. The SMILES string of the molecule is CCCCc1cccc(C(=S)S)c1CCCC. The lowest BCUT2D eigenvalue weighted by atomic mass is 9.94. The summed E-state index contributed by atoms with van der Waals surface area (Å²) < 4.78 is 0.731. The molecule has 2 heteroatoms. The first-order chi connectivity index (χ1) is 8.20. The lowest BCUT2D eigenvalue weighted by Crippen LogP contribution is -2.02. The van der Waals surface area contributed by atoms with Crippen LogP contribution < -0.4 is 0 Å². The molecule has 0 amide bonds. The normalized spacial score (nSPS) is 10.5. The van der Waals surface area contributed by atoms with Crippen LogP contribution in [0.4, 0.5) is 0 Å². The van der Waals surface area contributed by atoms with E-state index in [1.165, 1.54) is 48.8 Å². The number of benzene rings is 1. The van der Waals surface area contributed by atoms with Crippen LogP contribution in [-0.2, 0) is 12.8 Å². The van der Waals surface area contributed by atoms with Crippen LogP contribution in [0.1, 0.15) is 56.2 Å². The zero-order valence-electron chi connectivity index (χ0n) is 10.8. The topological polar surface area (TPSA) is 0 Å². The second kappa shape index (κ2) is 7.88. The van der Waals surface area contributed by atoms with E-state index in [0.717, 1.165) is 10.6 Å². The van der Waals surface area contributed by atoms with Crippen LogP contribution in [0.2, 0.25) is 0 Å². The van der Waals surface area contributed by atoms with Crippen molar-refractivity contribution in [3.05, 3.63) is 34.9 Å². The van der Waals surface area contributed by atoms with Crippen LogP contribution in [0.25, 0.3) is 0 Å². The molecule has 0 aliphatic rings. The molecule has 0 saturated heterocycles. The molecule has 0 aliphatic carbocycles. The second-order valence-electron chi connectivity index (χ2n) is 4.46. The van der Waals surface area contributed by atoms with E-state index in [1.54, 1.807) is 0 Å². The predicted molar refractivity (Wildman–Crippen MR) is 84.4 cm³/mol. The standard InChI is InChI=1S/C15H22S2/c1-3-5-8-12-9-7-11-14(15(16)17)13(12)10-6-4-2/h7,9,11H,3-6,8,10H2,1-2H3,(H,16,17). The zero-order chi connectivity index (χ0) is 12.7. The molecule has 0 fully saturated rings. The molecule has 0 bridgehead atoms. The van der Waals surface area contributed by atoms with E-state index in [4.69, 9.17) is 12.2 Å². The molecule has 17 heavy (non-hydrogen) atoms. The summed E-state index contributed by atoms with van der Waals surface area (Å²) in [6.45, 7) is 4.46. The van der Waals surface area contributed by atoms with E-state index in [2.05, 4.69) is 44.7 Å². The number of thiocarbonyl (C=S) groups is 1. The average Bonchev–Trinajstić information content (AvgIpc) is 2.33. The van der Waals surface area contributed by atoms with Gasteiger partial charge in [0.1, 0.15) is 0 Å². The lowest BCUT2D eigenvalue weighted by Gasteiger charge is -2.13. The smallest absolute Gasteiger partial charge is 0.0750 e. The van der Waals surface area contributed by atoms with Gasteiger partial charge in [0.25, 0.3) is 0 Å². The Kier molecular flexibility index (Phi) is 6.83. The molecule has 0 atom stereocenters. The fraction of sp³-hybridized carbons (Fsp3) is 0.533. The maximum atomic E-state index is 5.24. The Balaban J connectivity index is 3.00. The summed E-state index contributed by atoms with van der Waals surface area (Å²) in [6.07, 6.45) is 7.24. The molecule has 0 nitrogen and oxygen atoms in total. The third kappa shape index (κ3) is 4.44. The molecule has 0 N–H and O–H groups in total. The van der Waals surface area contributed by atoms with Gasteiger partial charge in [-0.05, 0) is 36.8 Å². The fourth-order valence-corrected chi connectivity index (χ4v) is 2.49. The summed E-state index contributed by atoms with van der Waals surface area (Å²) in [5.41, 5.74) is 4.07. The van der Waals surface area contributed by atoms with Crippen LogP contribution >= 0.6 is 24.8 Å². The number of aryl methyl sites for hydroxylation is 1. The third-order valence-electron chi connectivity index (χ3n) is 3.08. The van der Waals surface area contributed by atoms with Crippen LogP contribution in [-0.4, -0.2) is 4.20 Å². The highest BCUT2D eigenvalue weighted by Crippen LogP contribution is 2.21. The molecule has 0 aromatic heterocycles. The van der Waals surface area contributed by atoms with Gasteiger partial charge in [-0.1, -0.05) is 57.1 Å². The zero-order valence-corrected chi connectivity index (χ0v) is 12.5. The maximum absolute atomic E-state index is 5.24. The van der Waals surface area contributed by atoms with Crippen molar-refractivity contribution in [2.75, 3.05) is 0 Å². The van der Waals surface area contributed by atoms with Gasteiger partial charge in [0.15, 0.2) is 0 Å². The molecule has 0 radical (unpaired) electrons. The first-order valence-corrected chi connectivity index (χ1v) is 7.40. The summed E-state index contributed by atoms with van der Waals surface area (Å²) in [5.74, 6) is 0. The lowest BCUT2D eigenvalue weighted by molar-refractivity contribution is 0.757. The van der Waals surface area contributed by atoms with Crippen LogP contribution in [0, 0.1) is 0 Å². The van der Waals surface area contributed by atoms with Gasteiger partial charge in [-0.3, -0.25) is 0 Å². The number of hydrogen-bond acceptors (Lipinski definition) is 1. The van der Waals surface area contributed by atoms with Gasteiger partial charge < -0.3 is 0 Å². The minimum Gasteiger partial charge on any atom is -0.131 e. The summed E-state index contributed by atoms with van der Waals surface area (Å²) in [6, 6.07) is 6.46. The molecule has 0 saturated carbocycles. The predicted octanol–water partition coefficient (Wildman–Crippen LogP) is 4.98. The van der Waals surface area contributed by atoms with E-state index in [9.17, 15) is 0 Å². The molecule has 0 heterocycles. The first-order valence-electron chi connectivity index (χ1n) is 6.54. The molecule has 0 spiro atoms. The van der Waals surface area contributed by atoms with Crippen LogP contribution in [0.15, 0.2) is 18.2 Å². The van der Waals surface area contributed by atoms with E-state index in [1.807, 2.05) is 0 Å². The Morgan fingerprint density at radius 1 is 1.12 bits per heavy atom. The Hall–Kier alpha value is -0.340. The van der Waals surface area contributed by atoms with Gasteiger partial charge in [-0.2, -0.15) is 0 Å². The second-order valence-corrected chi connectivity index (χ2v) is 5.61. The number of thiol groups is 1. The molecular weight excluding hydrogens is 244 g/mol. The quantitative estimate of drug-likeness (QED) is 0.536. The molecular formula is C15H22S2. The number of unbranched alkanes of at least 4 members (excludes halogenated alkanes) is 2. The Labute approximate surface area is 116 Å². The highest BCUT2D eigenvalue weighted by molar-refractivity contribution is 8.11. The molecule has 94 valence electrons. The van der Waals surface area contributed by atoms with Crippen molar-refractivity contribution in [1.29, 1.82) is 0 Å². The number of hydrogen-bond donors (Lipinski definition) is 1. The fourth-order valence-electron chi connectivity index (χ4n) is 2.09. The van der Waals surface area contributed by atoms with E-state index >= 15 is 0 Å². The van der Waals surface area contributed by atoms with E-state index in [-0.39, 0.29) is 0 Å². The minimum atomic E-state index is 0.731. The first kappa shape index (κ1) is 14.7. The molecule has 1 aromatic carbocycles. The van der Waals surface area contributed by atoms with Gasteiger partial charge in [0.05, 0.1) is 4.20 Å². The van der Waals surface area contributed by atoms with Crippen molar-refractivity contribution < 1.29 is 0 Å². The average molecular weight is 266 g/mol. The maximum Gasteiger partial charge on any atom is 0.0750 e. The van der Waals surface area contributed by atoms with Gasteiger partial charge in [-0.15, -0.1) is 12.6 Å². The van der Waals surface area contributed by atoms with Crippen molar-refractivity contribution in [2.24, 2.45) is 0 Å². The van der Waals surface area contributed by atoms with E-state index in [0.29, 0.717) is 0 Å². The van der Waals surface area contributed by atoms with Crippen LogP contribution in [0.5, 0.6) is 0 Å². The minimum absolute atomic E-state index is 0.731. The number of rotatable bonds is 7. The monoisotopic (exact) mass is 266 g/mol.